The smallest absolute Gasteiger partial charge is 0.254 e. The van der Waals surface area contributed by atoms with Crippen molar-refractivity contribution in [1.29, 1.82) is 0 Å². The largest absolute Gasteiger partial charge is 0.276 e. The summed E-state index contributed by atoms with van der Waals surface area (Å²) in [4.78, 5) is 12.8. The number of aromatic nitrogens is 3. The number of carbonyl (C=O) groups excluding carboxylic acids is 1. The molecule has 0 saturated carbocycles. The lowest BCUT2D eigenvalue weighted by Crippen LogP contribution is -2.04. The first-order valence-corrected chi connectivity index (χ1v) is 5.75. The number of para-hydroxylation sites is 1. The highest BCUT2D eigenvalue weighted by Crippen LogP contribution is 2.17. The fraction of sp³-hybridized carbons (Fsp3) is 0. The second kappa shape index (κ2) is 4.23. The van der Waals surface area contributed by atoms with Crippen molar-refractivity contribution >= 4 is 27.9 Å². The average Bonchev–Trinajstić information content (AvgIpc) is 2.82. The van der Waals surface area contributed by atoms with E-state index in [1.54, 1.807) is 18.2 Å². The van der Waals surface area contributed by atoms with E-state index in [1.807, 2.05) is 30.3 Å². The van der Waals surface area contributed by atoms with Gasteiger partial charge in [-0.1, -0.05) is 24.3 Å². The summed E-state index contributed by atoms with van der Waals surface area (Å²) in [5.41, 5.74) is 2.51. The summed E-state index contributed by atoms with van der Waals surface area (Å²) in [6.07, 6.45) is 0. The quantitative estimate of drug-likeness (QED) is 0.663. The first kappa shape index (κ1) is 10.9. The third kappa shape index (κ3) is 1.76. The Hall–Kier alpha value is -2.20. The van der Waals surface area contributed by atoms with E-state index in [-0.39, 0.29) is 0 Å². The second-order valence-corrected chi connectivity index (χ2v) is 4.11. The molecule has 3 rings (SSSR count). The molecule has 0 spiro atoms. The molecule has 0 radical (unpaired) electrons. The van der Waals surface area contributed by atoms with Crippen molar-refractivity contribution in [2.45, 2.75) is 0 Å². The number of halogens is 1. The van der Waals surface area contributed by atoms with E-state index in [1.165, 1.54) is 4.80 Å². The van der Waals surface area contributed by atoms with E-state index < -0.39 is 5.24 Å². The summed E-state index contributed by atoms with van der Waals surface area (Å²) in [6, 6.07) is 14.5. The van der Waals surface area contributed by atoms with E-state index in [2.05, 4.69) is 10.2 Å². The van der Waals surface area contributed by atoms with Crippen LogP contribution < -0.4 is 0 Å². The third-order valence-corrected chi connectivity index (χ3v) is 2.82. The fourth-order valence-corrected chi connectivity index (χ4v) is 1.94. The molecule has 88 valence electrons. The first-order chi connectivity index (χ1) is 8.75. The van der Waals surface area contributed by atoms with Crippen LogP contribution in [0.3, 0.4) is 0 Å². The highest BCUT2D eigenvalue weighted by atomic mass is 35.5. The zero-order valence-electron chi connectivity index (χ0n) is 9.25. The van der Waals surface area contributed by atoms with Crippen LogP contribution in [0.15, 0.2) is 48.5 Å². The molecule has 0 aliphatic rings. The van der Waals surface area contributed by atoms with Gasteiger partial charge in [0.05, 0.1) is 11.3 Å². The Morgan fingerprint density at radius 2 is 1.50 bits per heavy atom. The zero-order chi connectivity index (χ0) is 12.5. The van der Waals surface area contributed by atoms with Crippen LogP contribution in [-0.4, -0.2) is 20.2 Å². The van der Waals surface area contributed by atoms with Crippen LogP contribution in [0, 0.1) is 0 Å². The summed E-state index contributed by atoms with van der Waals surface area (Å²) in [6.45, 7) is 0. The molecule has 0 fully saturated rings. The summed E-state index contributed by atoms with van der Waals surface area (Å²) in [5, 5.41) is 8.12. The van der Waals surface area contributed by atoms with E-state index in [4.69, 9.17) is 11.6 Å². The molecule has 0 unspecified atom stereocenters. The van der Waals surface area contributed by atoms with Crippen molar-refractivity contribution in [2.24, 2.45) is 0 Å². The molecule has 4 nitrogen and oxygen atoms in total. The lowest BCUT2D eigenvalue weighted by molar-refractivity contribution is 0.108. The van der Waals surface area contributed by atoms with Crippen LogP contribution in [-0.2, 0) is 0 Å². The molecule has 0 bridgehead atoms. The Balaban J connectivity index is 2.23. The number of carbonyl (C=O) groups is 1. The summed E-state index contributed by atoms with van der Waals surface area (Å²) >= 11 is 5.55. The van der Waals surface area contributed by atoms with Crippen LogP contribution in [0.25, 0.3) is 16.7 Å². The van der Waals surface area contributed by atoms with Gasteiger partial charge in [-0.15, -0.1) is 15.0 Å². The predicted molar refractivity (Wildman–Crippen MR) is 69.0 cm³/mol. The Labute approximate surface area is 108 Å². The molecule has 1 heterocycles. The Morgan fingerprint density at radius 3 is 2.11 bits per heavy atom. The van der Waals surface area contributed by atoms with Gasteiger partial charge in [-0.25, -0.2) is 0 Å². The van der Waals surface area contributed by atoms with Crippen molar-refractivity contribution < 1.29 is 4.79 Å². The van der Waals surface area contributed by atoms with Gasteiger partial charge in [0, 0.05) is 0 Å². The molecular weight excluding hydrogens is 250 g/mol. The van der Waals surface area contributed by atoms with Gasteiger partial charge in [0.25, 0.3) is 5.24 Å². The molecule has 1 aromatic heterocycles. The van der Waals surface area contributed by atoms with Crippen LogP contribution in [0.4, 0.5) is 0 Å². The summed E-state index contributed by atoms with van der Waals surface area (Å²) < 4.78 is 0. The molecule has 0 amide bonds. The maximum atomic E-state index is 11.4. The van der Waals surface area contributed by atoms with Gasteiger partial charge in [0.2, 0.25) is 0 Å². The molecule has 0 aliphatic heterocycles. The van der Waals surface area contributed by atoms with Crippen molar-refractivity contribution in [3.8, 4) is 5.69 Å². The maximum absolute atomic E-state index is 11.4. The highest BCUT2D eigenvalue weighted by molar-refractivity contribution is 6.68. The normalized spacial score (nSPS) is 10.7. The van der Waals surface area contributed by atoms with Gasteiger partial charge >= 0.3 is 0 Å². The third-order valence-electron chi connectivity index (χ3n) is 2.62. The van der Waals surface area contributed by atoms with Crippen molar-refractivity contribution in [1.82, 2.24) is 15.0 Å². The number of hydrogen-bond donors (Lipinski definition) is 0. The van der Waals surface area contributed by atoms with E-state index >= 15 is 0 Å². The number of fused-ring (bicyclic) bond motifs is 1. The molecule has 18 heavy (non-hydrogen) atoms. The van der Waals surface area contributed by atoms with E-state index in [9.17, 15) is 4.79 Å². The van der Waals surface area contributed by atoms with Crippen molar-refractivity contribution in [3.05, 3.63) is 54.1 Å². The van der Waals surface area contributed by atoms with Gasteiger partial charge in [-0.05, 0) is 35.9 Å². The van der Waals surface area contributed by atoms with Crippen LogP contribution >= 0.6 is 11.6 Å². The number of nitrogens with zero attached hydrogens (tertiary/aromatic N) is 3. The molecular formula is C13H8ClN3O. The first-order valence-electron chi connectivity index (χ1n) is 5.37. The number of hydrogen-bond acceptors (Lipinski definition) is 3. The topological polar surface area (TPSA) is 47.8 Å². The molecule has 5 heteroatoms. The van der Waals surface area contributed by atoms with E-state index in [0.29, 0.717) is 11.3 Å². The van der Waals surface area contributed by atoms with Gasteiger partial charge in [-0.2, -0.15) is 0 Å². The monoisotopic (exact) mass is 257 g/mol. The van der Waals surface area contributed by atoms with E-state index in [0.717, 1.165) is 11.0 Å². The van der Waals surface area contributed by atoms with Gasteiger partial charge in [-0.3, -0.25) is 4.79 Å². The molecule has 2 aromatic carbocycles. The van der Waals surface area contributed by atoms with Crippen molar-refractivity contribution in [2.75, 3.05) is 0 Å². The van der Waals surface area contributed by atoms with Crippen LogP contribution in [0.2, 0.25) is 0 Å². The molecule has 0 N–H and O–H groups in total. The lowest BCUT2D eigenvalue weighted by Gasteiger charge is -2.03. The zero-order valence-corrected chi connectivity index (χ0v) is 10.0. The molecule has 0 saturated heterocycles. The van der Waals surface area contributed by atoms with Crippen molar-refractivity contribution in [3.63, 3.8) is 0 Å². The Bertz CT molecular complexity index is 703. The second-order valence-electron chi connectivity index (χ2n) is 3.77. The predicted octanol–water partition coefficient (Wildman–Crippen LogP) is 2.80. The molecule has 3 aromatic rings. The minimum atomic E-state index is -0.521. The summed E-state index contributed by atoms with van der Waals surface area (Å²) in [7, 11) is 0. The van der Waals surface area contributed by atoms with Gasteiger partial charge in [0.1, 0.15) is 11.0 Å². The fourth-order valence-electron chi connectivity index (χ4n) is 1.78. The number of rotatable bonds is 2. The van der Waals surface area contributed by atoms with Gasteiger partial charge in [0.15, 0.2) is 0 Å². The van der Waals surface area contributed by atoms with Crippen LogP contribution in [0.5, 0.6) is 0 Å². The number of benzene rings is 2. The molecule has 0 aliphatic carbocycles. The van der Waals surface area contributed by atoms with Gasteiger partial charge < -0.3 is 0 Å². The Morgan fingerprint density at radius 1 is 0.944 bits per heavy atom. The lowest BCUT2D eigenvalue weighted by atomic mass is 10.2. The Kier molecular flexibility index (Phi) is 2.57. The minimum Gasteiger partial charge on any atom is -0.276 e. The summed E-state index contributed by atoms with van der Waals surface area (Å²) in [5.74, 6) is 0. The maximum Gasteiger partial charge on any atom is 0.254 e. The van der Waals surface area contributed by atoms with Crippen LogP contribution in [0.1, 0.15) is 10.4 Å². The molecule has 0 atom stereocenters. The SMILES string of the molecule is O=C(Cl)c1ccccc1-n1nc2ccccc2n1. The highest BCUT2D eigenvalue weighted by Gasteiger charge is 2.12. The standard InChI is InChI=1S/C13H8ClN3O/c14-13(18)9-5-1-4-8-12(9)17-15-10-6-2-3-7-11(10)16-17/h1-8H. The minimum absolute atomic E-state index is 0.388. The average molecular weight is 258 g/mol.